The summed E-state index contributed by atoms with van der Waals surface area (Å²) in [7, 11) is 0. The lowest BCUT2D eigenvalue weighted by atomic mass is 9.76. The molecule has 1 aromatic heterocycles. The van der Waals surface area contributed by atoms with Crippen molar-refractivity contribution in [3.63, 3.8) is 0 Å². The molecule has 0 spiro atoms. The molecule has 2 rings (SSSR count). The Kier molecular flexibility index (Phi) is 3.65. The van der Waals surface area contributed by atoms with Crippen LogP contribution in [-0.2, 0) is 5.60 Å². The summed E-state index contributed by atoms with van der Waals surface area (Å²) in [6, 6.07) is 3.86. The lowest BCUT2D eigenvalue weighted by molar-refractivity contribution is -0.0252. The van der Waals surface area contributed by atoms with Gasteiger partial charge in [-0.1, -0.05) is 19.3 Å². The van der Waals surface area contributed by atoms with Crippen LogP contribution in [-0.4, -0.2) is 10.1 Å². The average molecular weight is 284 g/mol. The van der Waals surface area contributed by atoms with Gasteiger partial charge in [0.25, 0.3) is 0 Å². The lowest BCUT2D eigenvalue weighted by Gasteiger charge is -2.35. The summed E-state index contributed by atoms with van der Waals surface area (Å²) in [6.45, 7) is 1.90. The quantitative estimate of drug-likeness (QED) is 0.899. The van der Waals surface area contributed by atoms with Crippen molar-refractivity contribution in [1.29, 1.82) is 0 Å². The second-order valence-corrected chi connectivity index (χ2v) is 5.76. The van der Waals surface area contributed by atoms with Gasteiger partial charge in [0, 0.05) is 10.7 Å². The zero-order valence-electron chi connectivity index (χ0n) is 9.62. The summed E-state index contributed by atoms with van der Waals surface area (Å²) >= 11 is 3.36. The van der Waals surface area contributed by atoms with Crippen LogP contribution in [0.4, 0.5) is 0 Å². The molecule has 0 aliphatic heterocycles. The summed E-state index contributed by atoms with van der Waals surface area (Å²) in [4.78, 5) is 4.33. The van der Waals surface area contributed by atoms with E-state index in [1.54, 1.807) is 6.20 Å². The molecule has 1 unspecified atom stereocenters. The minimum atomic E-state index is -0.777. The Bertz CT molecular complexity index is 341. The molecule has 0 saturated heterocycles. The van der Waals surface area contributed by atoms with E-state index in [1.807, 2.05) is 19.1 Å². The Labute approximate surface area is 105 Å². The van der Waals surface area contributed by atoms with Crippen LogP contribution in [0.5, 0.6) is 0 Å². The van der Waals surface area contributed by atoms with Crippen LogP contribution in [0.2, 0.25) is 0 Å². The van der Waals surface area contributed by atoms with E-state index in [-0.39, 0.29) is 0 Å². The van der Waals surface area contributed by atoms with E-state index in [9.17, 15) is 5.11 Å². The molecule has 1 saturated carbocycles. The van der Waals surface area contributed by atoms with E-state index in [2.05, 4.69) is 20.9 Å². The molecular weight excluding hydrogens is 266 g/mol. The third kappa shape index (κ3) is 2.46. The van der Waals surface area contributed by atoms with Gasteiger partial charge in [-0.25, -0.2) is 0 Å². The third-order valence-corrected chi connectivity index (χ3v) is 4.12. The maximum Gasteiger partial charge on any atom is 0.106 e. The van der Waals surface area contributed by atoms with Crippen molar-refractivity contribution < 1.29 is 5.11 Å². The molecule has 2 nitrogen and oxygen atoms in total. The number of halogens is 1. The number of hydrogen-bond donors (Lipinski definition) is 1. The first-order chi connectivity index (χ1) is 7.60. The zero-order valence-corrected chi connectivity index (χ0v) is 11.2. The smallest absolute Gasteiger partial charge is 0.106 e. The first-order valence-corrected chi connectivity index (χ1v) is 6.74. The fourth-order valence-corrected chi connectivity index (χ4v) is 2.78. The average Bonchev–Trinajstić information content (AvgIpc) is 2.31. The summed E-state index contributed by atoms with van der Waals surface area (Å²) < 4.78 is 0.954. The molecule has 88 valence electrons. The fourth-order valence-electron chi connectivity index (χ4n) is 2.55. The Morgan fingerprint density at radius 3 is 2.56 bits per heavy atom. The highest BCUT2D eigenvalue weighted by molar-refractivity contribution is 9.10. The number of aliphatic hydroxyl groups is 1. The van der Waals surface area contributed by atoms with Gasteiger partial charge in [-0.15, -0.1) is 0 Å². The molecule has 1 atom stereocenters. The molecular formula is C13H18BrNO. The van der Waals surface area contributed by atoms with Gasteiger partial charge in [0.15, 0.2) is 0 Å². The van der Waals surface area contributed by atoms with Gasteiger partial charge >= 0.3 is 0 Å². The molecule has 1 aliphatic rings. The predicted octanol–water partition coefficient (Wildman–Crippen LogP) is 3.63. The number of rotatable bonds is 2. The van der Waals surface area contributed by atoms with E-state index < -0.39 is 5.60 Å². The Hall–Kier alpha value is -0.410. The number of hydrogen-bond acceptors (Lipinski definition) is 2. The van der Waals surface area contributed by atoms with Gasteiger partial charge in [-0.2, -0.15) is 0 Å². The van der Waals surface area contributed by atoms with E-state index in [0.29, 0.717) is 5.92 Å². The molecule has 3 heteroatoms. The SMILES string of the molecule is CC(O)(c1ccc(Br)cn1)C1CCCCC1. The van der Waals surface area contributed by atoms with E-state index in [4.69, 9.17) is 0 Å². The van der Waals surface area contributed by atoms with Crippen LogP contribution >= 0.6 is 15.9 Å². The van der Waals surface area contributed by atoms with Crippen molar-refractivity contribution >= 4 is 15.9 Å². The monoisotopic (exact) mass is 283 g/mol. The molecule has 1 heterocycles. The topological polar surface area (TPSA) is 33.1 Å². The molecule has 1 aromatic rings. The first-order valence-electron chi connectivity index (χ1n) is 5.95. The van der Waals surface area contributed by atoms with Crippen LogP contribution < -0.4 is 0 Å². The van der Waals surface area contributed by atoms with Crippen molar-refractivity contribution in [3.05, 3.63) is 28.5 Å². The van der Waals surface area contributed by atoms with Gasteiger partial charge in [-0.3, -0.25) is 4.98 Å². The first kappa shape index (κ1) is 12.1. The Morgan fingerprint density at radius 2 is 2.00 bits per heavy atom. The highest BCUT2D eigenvalue weighted by Gasteiger charge is 2.35. The summed E-state index contributed by atoms with van der Waals surface area (Å²) in [5.74, 6) is 0.356. The van der Waals surface area contributed by atoms with Crippen LogP contribution in [0, 0.1) is 5.92 Å². The zero-order chi connectivity index (χ0) is 11.6. The minimum absolute atomic E-state index is 0.356. The second-order valence-electron chi connectivity index (χ2n) is 4.84. The molecule has 1 aliphatic carbocycles. The Morgan fingerprint density at radius 1 is 1.31 bits per heavy atom. The highest BCUT2D eigenvalue weighted by Crippen LogP contribution is 2.38. The van der Waals surface area contributed by atoms with Crippen molar-refractivity contribution in [1.82, 2.24) is 4.98 Å². The highest BCUT2D eigenvalue weighted by atomic mass is 79.9. The van der Waals surface area contributed by atoms with Crippen LogP contribution in [0.1, 0.15) is 44.7 Å². The molecule has 0 radical (unpaired) electrons. The van der Waals surface area contributed by atoms with Gasteiger partial charge in [0.2, 0.25) is 0 Å². The van der Waals surface area contributed by atoms with E-state index in [1.165, 1.54) is 19.3 Å². The third-order valence-electron chi connectivity index (χ3n) is 3.65. The van der Waals surface area contributed by atoms with Gasteiger partial charge < -0.3 is 5.11 Å². The molecule has 0 amide bonds. The van der Waals surface area contributed by atoms with Crippen LogP contribution in [0.15, 0.2) is 22.8 Å². The fraction of sp³-hybridized carbons (Fsp3) is 0.615. The standard InChI is InChI=1S/C13H18BrNO/c1-13(16,10-5-3-2-4-6-10)12-8-7-11(14)9-15-12/h7-10,16H,2-6H2,1H3. The summed E-state index contributed by atoms with van der Waals surface area (Å²) in [6.07, 6.45) is 7.76. The van der Waals surface area contributed by atoms with Crippen molar-refractivity contribution in [3.8, 4) is 0 Å². The Balaban J connectivity index is 2.19. The van der Waals surface area contributed by atoms with Crippen molar-refractivity contribution in [2.75, 3.05) is 0 Å². The minimum Gasteiger partial charge on any atom is -0.384 e. The second kappa shape index (κ2) is 4.84. The van der Waals surface area contributed by atoms with Gasteiger partial charge in [0.1, 0.15) is 5.60 Å². The molecule has 1 fully saturated rings. The summed E-state index contributed by atoms with van der Waals surface area (Å²) in [5, 5.41) is 10.6. The lowest BCUT2D eigenvalue weighted by Crippen LogP contribution is -2.34. The largest absolute Gasteiger partial charge is 0.384 e. The summed E-state index contributed by atoms with van der Waals surface area (Å²) in [5.41, 5.74) is 0.0174. The van der Waals surface area contributed by atoms with Crippen LogP contribution in [0.3, 0.4) is 0 Å². The maximum absolute atomic E-state index is 10.6. The molecule has 16 heavy (non-hydrogen) atoms. The maximum atomic E-state index is 10.6. The molecule has 0 aromatic carbocycles. The number of nitrogens with zero attached hydrogens (tertiary/aromatic N) is 1. The molecule has 1 N–H and O–H groups in total. The van der Waals surface area contributed by atoms with Crippen molar-refractivity contribution in [2.24, 2.45) is 5.92 Å². The van der Waals surface area contributed by atoms with Crippen molar-refractivity contribution in [2.45, 2.75) is 44.6 Å². The van der Waals surface area contributed by atoms with Gasteiger partial charge in [0.05, 0.1) is 5.69 Å². The van der Waals surface area contributed by atoms with E-state index >= 15 is 0 Å². The predicted molar refractivity (Wildman–Crippen MR) is 68.1 cm³/mol. The normalized spacial score (nSPS) is 21.7. The number of aromatic nitrogens is 1. The molecule has 0 bridgehead atoms. The van der Waals surface area contributed by atoms with Crippen LogP contribution in [0.25, 0.3) is 0 Å². The van der Waals surface area contributed by atoms with Gasteiger partial charge in [-0.05, 0) is 53.7 Å². The van der Waals surface area contributed by atoms with E-state index in [0.717, 1.165) is 23.0 Å². The number of pyridine rings is 1.